The molecule has 0 saturated carbocycles. The van der Waals surface area contributed by atoms with Gasteiger partial charge in [-0.25, -0.2) is 4.79 Å². The minimum Gasteiger partial charge on any atom is -0.486 e. The van der Waals surface area contributed by atoms with Gasteiger partial charge in [0.1, 0.15) is 18.2 Å². The Labute approximate surface area is 147 Å². The Morgan fingerprint density at radius 2 is 2.00 bits per heavy atom. The molecule has 1 unspecified atom stereocenters. The van der Waals surface area contributed by atoms with E-state index in [4.69, 9.17) is 9.47 Å². The maximum atomic E-state index is 12.1. The number of imide groups is 1. The third-order valence-corrected chi connectivity index (χ3v) is 4.45. The summed E-state index contributed by atoms with van der Waals surface area (Å²) in [5, 5.41) is 2.69. The van der Waals surface area contributed by atoms with Crippen LogP contribution in [-0.4, -0.2) is 66.7 Å². The third-order valence-electron chi connectivity index (χ3n) is 4.45. The molecule has 7 heteroatoms. The molecular formula is C18H25N3O4. The lowest BCUT2D eigenvalue weighted by Crippen LogP contribution is -2.41. The van der Waals surface area contributed by atoms with Crippen LogP contribution in [0.25, 0.3) is 0 Å². The van der Waals surface area contributed by atoms with Gasteiger partial charge in [0.05, 0.1) is 0 Å². The van der Waals surface area contributed by atoms with Gasteiger partial charge in [-0.05, 0) is 46.0 Å². The summed E-state index contributed by atoms with van der Waals surface area (Å²) < 4.78 is 11.7. The number of para-hydroxylation sites is 2. The van der Waals surface area contributed by atoms with Crippen LogP contribution in [0.2, 0.25) is 0 Å². The second-order valence-corrected chi connectivity index (χ2v) is 7.13. The molecule has 2 aliphatic heterocycles. The van der Waals surface area contributed by atoms with Crippen molar-refractivity contribution in [1.82, 2.24) is 15.1 Å². The first-order valence-electron chi connectivity index (χ1n) is 8.58. The van der Waals surface area contributed by atoms with E-state index < -0.39 is 5.54 Å². The molecule has 136 valence electrons. The zero-order valence-corrected chi connectivity index (χ0v) is 14.9. The molecule has 7 nitrogen and oxygen atoms in total. The SMILES string of the molecule is CN(CCCN1C(=O)NC(C)(C)C1=O)CC1COc2ccccc2O1. The Morgan fingerprint density at radius 1 is 1.28 bits per heavy atom. The van der Waals surface area contributed by atoms with Crippen molar-refractivity contribution in [3.8, 4) is 11.5 Å². The normalized spacial score (nSPS) is 21.6. The van der Waals surface area contributed by atoms with Gasteiger partial charge in [-0.1, -0.05) is 12.1 Å². The van der Waals surface area contributed by atoms with Crippen molar-refractivity contribution >= 4 is 11.9 Å². The van der Waals surface area contributed by atoms with E-state index in [1.807, 2.05) is 31.3 Å². The van der Waals surface area contributed by atoms with Gasteiger partial charge in [-0.3, -0.25) is 9.69 Å². The van der Waals surface area contributed by atoms with Crippen molar-refractivity contribution in [2.45, 2.75) is 31.9 Å². The van der Waals surface area contributed by atoms with Gasteiger partial charge in [-0.15, -0.1) is 0 Å². The van der Waals surface area contributed by atoms with E-state index in [2.05, 4.69) is 10.2 Å². The number of nitrogens with one attached hydrogen (secondary N) is 1. The van der Waals surface area contributed by atoms with Gasteiger partial charge in [0.25, 0.3) is 5.91 Å². The fourth-order valence-corrected chi connectivity index (χ4v) is 3.11. The number of likely N-dealkylation sites (N-methyl/N-ethyl adjacent to an activating group) is 1. The van der Waals surface area contributed by atoms with Crippen LogP contribution in [0.15, 0.2) is 24.3 Å². The van der Waals surface area contributed by atoms with Gasteiger partial charge < -0.3 is 19.7 Å². The van der Waals surface area contributed by atoms with Crippen LogP contribution in [0.3, 0.4) is 0 Å². The molecule has 1 fully saturated rings. The average molecular weight is 347 g/mol. The summed E-state index contributed by atoms with van der Waals surface area (Å²) in [4.78, 5) is 27.4. The highest BCUT2D eigenvalue weighted by Gasteiger charge is 2.43. The quantitative estimate of drug-likeness (QED) is 0.789. The number of urea groups is 1. The van der Waals surface area contributed by atoms with Crippen LogP contribution in [-0.2, 0) is 4.79 Å². The van der Waals surface area contributed by atoms with E-state index in [1.165, 1.54) is 4.90 Å². The van der Waals surface area contributed by atoms with Crippen LogP contribution < -0.4 is 14.8 Å². The Morgan fingerprint density at radius 3 is 2.68 bits per heavy atom. The predicted molar refractivity (Wildman–Crippen MR) is 92.8 cm³/mol. The molecule has 0 aromatic heterocycles. The molecule has 0 aliphatic carbocycles. The fourth-order valence-electron chi connectivity index (χ4n) is 3.11. The number of carbonyl (C=O) groups excluding carboxylic acids is 2. The lowest BCUT2D eigenvalue weighted by Gasteiger charge is -2.29. The molecule has 2 heterocycles. The number of carbonyl (C=O) groups is 2. The lowest BCUT2D eigenvalue weighted by molar-refractivity contribution is -0.130. The van der Waals surface area contributed by atoms with E-state index >= 15 is 0 Å². The van der Waals surface area contributed by atoms with Crippen molar-refractivity contribution in [3.05, 3.63) is 24.3 Å². The standard InChI is InChI=1S/C18H25N3O4/c1-18(2)16(22)21(17(23)19-18)10-6-9-20(3)11-13-12-24-14-7-4-5-8-15(14)25-13/h4-5,7-8,13H,6,9-12H2,1-3H3,(H,19,23). The van der Waals surface area contributed by atoms with E-state index in [0.717, 1.165) is 31.0 Å². The highest BCUT2D eigenvalue weighted by Crippen LogP contribution is 2.30. The number of hydrogen-bond acceptors (Lipinski definition) is 5. The first-order valence-corrected chi connectivity index (χ1v) is 8.58. The summed E-state index contributed by atoms with van der Waals surface area (Å²) in [6, 6.07) is 7.34. The summed E-state index contributed by atoms with van der Waals surface area (Å²) in [5.41, 5.74) is -0.802. The maximum Gasteiger partial charge on any atom is 0.325 e. The highest BCUT2D eigenvalue weighted by atomic mass is 16.6. The van der Waals surface area contributed by atoms with Crippen LogP contribution in [0.4, 0.5) is 4.79 Å². The number of benzene rings is 1. The zero-order valence-electron chi connectivity index (χ0n) is 14.9. The first-order chi connectivity index (χ1) is 11.9. The number of ether oxygens (including phenoxy) is 2. The molecular weight excluding hydrogens is 322 g/mol. The van der Waals surface area contributed by atoms with E-state index in [-0.39, 0.29) is 18.0 Å². The Kier molecular flexibility index (Phi) is 4.85. The first kappa shape index (κ1) is 17.5. The molecule has 0 spiro atoms. The molecule has 1 atom stereocenters. The molecule has 1 saturated heterocycles. The summed E-state index contributed by atoms with van der Waals surface area (Å²) in [6.45, 7) is 5.86. The smallest absolute Gasteiger partial charge is 0.325 e. The number of fused-ring (bicyclic) bond motifs is 1. The number of amides is 3. The van der Waals surface area contributed by atoms with E-state index in [9.17, 15) is 9.59 Å². The molecule has 2 aliphatic rings. The van der Waals surface area contributed by atoms with Crippen LogP contribution >= 0.6 is 0 Å². The Balaban J connectivity index is 1.43. The lowest BCUT2D eigenvalue weighted by atomic mass is 10.1. The number of rotatable bonds is 6. The molecule has 25 heavy (non-hydrogen) atoms. The van der Waals surface area contributed by atoms with Crippen molar-refractivity contribution < 1.29 is 19.1 Å². The van der Waals surface area contributed by atoms with Gasteiger partial charge in [0.15, 0.2) is 11.5 Å². The van der Waals surface area contributed by atoms with Crippen molar-refractivity contribution in [1.29, 1.82) is 0 Å². The van der Waals surface area contributed by atoms with Gasteiger partial charge in [0, 0.05) is 13.1 Å². The number of hydrogen-bond donors (Lipinski definition) is 1. The molecule has 0 radical (unpaired) electrons. The largest absolute Gasteiger partial charge is 0.486 e. The van der Waals surface area contributed by atoms with Crippen molar-refractivity contribution in [3.63, 3.8) is 0 Å². The molecule has 3 rings (SSSR count). The Hall–Kier alpha value is -2.28. The Bertz CT molecular complexity index is 661. The molecule has 3 amide bonds. The van der Waals surface area contributed by atoms with Gasteiger partial charge >= 0.3 is 6.03 Å². The third kappa shape index (κ3) is 3.87. The summed E-state index contributed by atoms with van der Waals surface area (Å²) >= 11 is 0. The molecule has 1 N–H and O–H groups in total. The maximum absolute atomic E-state index is 12.1. The monoisotopic (exact) mass is 347 g/mol. The van der Waals surface area contributed by atoms with Crippen LogP contribution in [0.1, 0.15) is 20.3 Å². The zero-order chi connectivity index (χ0) is 18.0. The van der Waals surface area contributed by atoms with Crippen LogP contribution in [0.5, 0.6) is 11.5 Å². The summed E-state index contributed by atoms with van der Waals surface area (Å²) in [6.07, 6.45) is 0.686. The number of nitrogens with zero attached hydrogens (tertiary/aromatic N) is 2. The average Bonchev–Trinajstić information content (AvgIpc) is 2.76. The fraction of sp³-hybridized carbons (Fsp3) is 0.556. The van der Waals surface area contributed by atoms with Crippen molar-refractivity contribution in [2.75, 3.05) is 33.3 Å². The molecule has 1 aromatic carbocycles. The van der Waals surface area contributed by atoms with E-state index in [1.54, 1.807) is 13.8 Å². The van der Waals surface area contributed by atoms with Gasteiger partial charge in [0.2, 0.25) is 0 Å². The molecule has 0 bridgehead atoms. The van der Waals surface area contributed by atoms with Gasteiger partial charge in [-0.2, -0.15) is 0 Å². The summed E-state index contributed by atoms with van der Waals surface area (Å²) in [7, 11) is 2.00. The highest BCUT2D eigenvalue weighted by molar-refractivity contribution is 6.06. The van der Waals surface area contributed by atoms with Crippen molar-refractivity contribution in [2.24, 2.45) is 0 Å². The minimum atomic E-state index is -0.802. The predicted octanol–water partition coefficient (Wildman–Crippen LogP) is 1.48. The van der Waals surface area contributed by atoms with E-state index in [0.29, 0.717) is 13.2 Å². The second kappa shape index (κ2) is 6.92. The van der Waals surface area contributed by atoms with Crippen LogP contribution in [0, 0.1) is 0 Å². The second-order valence-electron chi connectivity index (χ2n) is 7.13. The molecule has 1 aromatic rings. The topological polar surface area (TPSA) is 71.1 Å². The minimum absolute atomic E-state index is 0.0319. The summed E-state index contributed by atoms with van der Waals surface area (Å²) in [5.74, 6) is 1.39.